The maximum atomic E-state index is 12.6. The van der Waals surface area contributed by atoms with Crippen LogP contribution in [0.5, 0.6) is 5.75 Å². The van der Waals surface area contributed by atoms with E-state index in [2.05, 4.69) is 31.0 Å². The summed E-state index contributed by atoms with van der Waals surface area (Å²) in [6.45, 7) is 9.62. The Morgan fingerprint density at radius 3 is 2.81 bits per heavy atom. The Bertz CT molecular complexity index is 902. The quantitative estimate of drug-likeness (QED) is 0.813. The lowest BCUT2D eigenvalue weighted by Crippen LogP contribution is -2.42. The second-order valence-corrected chi connectivity index (χ2v) is 7.31. The predicted octanol–water partition coefficient (Wildman–Crippen LogP) is 2.66. The van der Waals surface area contributed by atoms with Crippen LogP contribution in [0.4, 0.5) is 0 Å². The van der Waals surface area contributed by atoms with Crippen molar-refractivity contribution in [3.8, 4) is 5.75 Å². The summed E-state index contributed by atoms with van der Waals surface area (Å²) in [5.41, 5.74) is 3.63. The van der Waals surface area contributed by atoms with Gasteiger partial charge in [0.05, 0.1) is 18.6 Å². The molecule has 0 saturated carbocycles. The third-order valence-electron chi connectivity index (χ3n) is 5.03. The molecule has 0 radical (unpaired) electrons. The molecule has 0 spiro atoms. The van der Waals surface area contributed by atoms with Crippen LogP contribution in [0, 0.1) is 6.92 Å². The Hall–Kier alpha value is -2.63. The number of nitrogens with zero attached hydrogens (tertiary/aromatic N) is 3. The van der Waals surface area contributed by atoms with Crippen LogP contribution < -0.4 is 10.3 Å². The second kappa shape index (κ2) is 7.94. The van der Waals surface area contributed by atoms with Crippen LogP contribution in [0.1, 0.15) is 49.1 Å². The number of ether oxygens (including phenoxy) is 1. The molecular formula is C21H27N3O3. The highest BCUT2D eigenvalue weighted by atomic mass is 16.5. The second-order valence-electron chi connectivity index (χ2n) is 7.31. The summed E-state index contributed by atoms with van der Waals surface area (Å²) in [6.07, 6.45) is 2.10. The van der Waals surface area contributed by atoms with Gasteiger partial charge in [0.2, 0.25) is 0 Å². The monoisotopic (exact) mass is 369 g/mol. The highest BCUT2D eigenvalue weighted by Gasteiger charge is 2.24. The van der Waals surface area contributed by atoms with Gasteiger partial charge < -0.3 is 9.64 Å². The van der Waals surface area contributed by atoms with Gasteiger partial charge in [-0.1, -0.05) is 26.0 Å². The van der Waals surface area contributed by atoms with Gasteiger partial charge in [-0.25, -0.2) is 4.98 Å². The summed E-state index contributed by atoms with van der Waals surface area (Å²) >= 11 is 0. The third-order valence-corrected chi connectivity index (χ3v) is 5.03. The fourth-order valence-corrected chi connectivity index (χ4v) is 3.37. The molecule has 0 aliphatic carbocycles. The van der Waals surface area contributed by atoms with Crippen molar-refractivity contribution in [2.24, 2.45) is 0 Å². The van der Waals surface area contributed by atoms with Crippen LogP contribution in [0.2, 0.25) is 0 Å². The number of fused-ring (bicyclic) bond motifs is 1. The van der Waals surface area contributed by atoms with Gasteiger partial charge in [0.15, 0.2) is 6.61 Å². The fourth-order valence-electron chi connectivity index (χ4n) is 3.37. The van der Waals surface area contributed by atoms with E-state index in [4.69, 9.17) is 4.74 Å². The maximum Gasteiger partial charge on any atom is 0.260 e. The van der Waals surface area contributed by atoms with Gasteiger partial charge in [-0.05, 0) is 43.4 Å². The molecule has 0 bridgehead atoms. The molecule has 1 aliphatic heterocycles. The van der Waals surface area contributed by atoms with Crippen molar-refractivity contribution in [3.05, 3.63) is 57.3 Å². The van der Waals surface area contributed by atoms with Gasteiger partial charge in [0, 0.05) is 18.7 Å². The first-order valence-corrected chi connectivity index (χ1v) is 9.49. The van der Waals surface area contributed by atoms with Gasteiger partial charge in [-0.3, -0.25) is 14.2 Å². The molecule has 6 heteroatoms. The number of aryl methyl sites for hydroxylation is 2. The molecule has 27 heavy (non-hydrogen) atoms. The third kappa shape index (κ3) is 4.04. The number of hydrogen-bond donors (Lipinski definition) is 0. The Kier molecular flexibility index (Phi) is 5.63. The predicted molar refractivity (Wildman–Crippen MR) is 104 cm³/mol. The molecule has 0 unspecified atom stereocenters. The van der Waals surface area contributed by atoms with Crippen molar-refractivity contribution >= 4 is 5.91 Å². The minimum Gasteiger partial charge on any atom is -0.483 e. The molecule has 2 heterocycles. The van der Waals surface area contributed by atoms with Crippen LogP contribution in [-0.2, 0) is 24.3 Å². The van der Waals surface area contributed by atoms with E-state index in [9.17, 15) is 9.59 Å². The normalized spacial score (nSPS) is 13.6. The van der Waals surface area contributed by atoms with Gasteiger partial charge in [0.25, 0.3) is 11.5 Å². The van der Waals surface area contributed by atoms with E-state index < -0.39 is 0 Å². The van der Waals surface area contributed by atoms with Crippen molar-refractivity contribution in [2.45, 2.75) is 53.1 Å². The van der Waals surface area contributed by atoms with E-state index in [1.165, 1.54) is 0 Å². The van der Waals surface area contributed by atoms with Gasteiger partial charge in [-0.2, -0.15) is 0 Å². The average molecular weight is 369 g/mol. The summed E-state index contributed by atoms with van der Waals surface area (Å²) in [5, 5.41) is 0. The summed E-state index contributed by atoms with van der Waals surface area (Å²) < 4.78 is 7.47. The molecule has 1 aromatic carbocycles. The summed E-state index contributed by atoms with van der Waals surface area (Å²) in [4.78, 5) is 31.1. The summed E-state index contributed by atoms with van der Waals surface area (Å²) in [6, 6.07) is 6.09. The molecule has 1 aliphatic rings. The van der Waals surface area contributed by atoms with E-state index in [1.807, 2.05) is 19.9 Å². The number of carbonyl (C=O) groups excluding carboxylic acids is 1. The zero-order valence-electron chi connectivity index (χ0n) is 16.5. The number of amides is 1. The maximum absolute atomic E-state index is 12.6. The molecule has 144 valence electrons. The van der Waals surface area contributed by atoms with Crippen LogP contribution >= 0.6 is 0 Å². The lowest BCUT2D eigenvalue weighted by molar-refractivity contribution is -0.134. The summed E-state index contributed by atoms with van der Waals surface area (Å²) in [7, 11) is 0. The van der Waals surface area contributed by atoms with Crippen molar-refractivity contribution in [1.82, 2.24) is 14.5 Å². The smallest absolute Gasteiger partial charge is 0.260 e. The highest BCUT2D eigenvalue weighted by molar-refractivity contribution is 5.78. The van der Waals surface area contributed by atoms with Crippen LogP contribution in [0.25, 0.3) is 0 Å². The van der Waals surface area contributed by atoms with Crippen LogP contribution in [0.3, 0.4) is 0 Å². The lowest BCUT2D eigenvalue weighted by atomic mass is 10.0. The molecule has 0 atom stereocenters. The van der Waals surface area contributed by atoms with Gasteiger partial charge in [-0.15, -0.1) is 0 Å². The Labute approximate surface area is 159 Å². The molecule has 0 N–H and O–H groups in total. The van der Waals surface area contributed by atoms with E-state index in [-0.39, 0.29) is 18.1 Å². The molecule has 3 rings (SSSR count). The van der Waals surface area contributed by atoms with E-state index in [0.717, 1.165) is 22.4 Å². The number of aromatic nitrogens is 2. The minimum atomic E-state index is -0.0849. The molecule has 0 fully saturated rings. The van der Waals surface area contributed by atoms with Crippen LogP contribution in [-0.4, -0.2) is 33.5 Å². The number of hydrogen-bond acceptors (Lipinski definition) is 4. The van der Waals surface area contributed by atoms with E-state index in [0.29, 0.717) is 37.7 Å². The molecule has 2 aromatic rings. The van der Waals surface area contributed by atoms with Gasteiger partial charge >= 0.3 is 0 Å². The number of benzene rings is 1. The van der Waals surface area contributed by atoms with Crippen molar-refractivity contribution in [3.63, 3.8) is 0 Å². The Morgan fingerprint density at radius 1 is 1.33 bits per heavy atom. The van der Waals surface area contributed by atoms with Gasteiger partial charge in [0.1, 0.15) is 5.75 Å². The zero-order valence-corrected chi connectivity index (χ0v) is 16.5. The van der Waals surface area contributed by atoms with E-state index in [1.54, 1.807) is 15.8 Å². The minimum absolute atomic E-state index is 0.00665. The largest absolute Gasteiger partial charge is 0.483 e. The zero-order chi connectivity index (χ0) is 19.6. The van der Waals surface area contributed by atoms with Crippen LogP contribution in [0.15, 0.2) is 29.3 Å². The number of carbonyl (C=O) groups is 1. The van der Waals surface area contributed by atoms with Crippen molar-refractivity contribution in [2.75, 3.05) is 13.2 Å². The standard InChI is InChI=1S/C21H27N3O3/c1-5-23-13-22-18-11-24(9-8-17(18)21(23)26)20(25)12-27-19-10-15(4)6-7-16(19)14(2)3/h6-7,10,13-14H,5,8-9,11-12H2,1-4H3. The molecule has 0 saturated heterocycles. The first-order chi connectivity index (χ1) is 12.9. The lowest BCUT2D eigenvalue weighted by Gasteiger charge is -2.28. The first kappa shape index (κ1) is 19.1. The Morgan fingerprint density at radius 2 is 2.11 bits per heavy atom. The topological polar surface area (TPSA) is 64.4 Å². The summed E-state index contributed by atoms with van der Waals surface area (Å²) in [5.74, 6) is 1.00. The van der Waals surface area contributed by atoms with E-state index >= 15 is 0 Å². The highest BCUT2D eigenvalue weighted by Crippen LogP contribution is 2.27. The fraction of sp³-hybridized carbons (Fsp3) is 0.476. The average Bonchev–Trinajstić information content (AvgIpc) is 2.66. The number of rotatable bonds is 5. The molecule has 1 aromatic heterocycles. The van der Waals surface area contributed by atoms with Crippen molar-refractivity contribution in [1.29, 1.82) is 0 Å². The SMILES string of the molecule is CCn1cnc2c(c1=O)CCN(C(=O)COc1cc(C)ccc1C(C)C)C2. The first-order valence-electron chi connectivity index (χ1n) is 9.49. The molecule has 6 nitrogen and oxygen atoms in total. The molecular weight excluding hydrogens is 342 g/mol. The Balaban J connectivity index is 1.69. The molecule has 1 amide bonds. The van der Waals surface area contributed by atoms with Crippen molar-refractivity contribution < 1.29 is 9.53 Å².